The van der Waals surface area contributed by atoms with Crippen LogP contribution < -0.4 is 10.4 Å². The summed E-state index contributed by atoms with van der Waals surface area (Å²) in [5.41, 5.74) is -0.392. The van der Waals surface area contributed by atoms with Crippen molar-refractivity contribution in [3.05, 3.63) is 72.3 Å². The Morgan fingerprint density at radius 2 is 1.46 bits per heavy atom. The number of rotatable bonds is 5. The molecule has 0 aromatic heterocycles. The number of hydrogen-bond acceptors (Lipinski definition) is 6. The summed E-state index contributed by atoms with van der Waals surface area (Å²) in [5.74, 6) is -1.83. The van der Waals surface area contributed by atoms with Crippen molar-refractivity contribution >= 4 is 24.5 Å². The van der Waals surface area contributed by atoms with E-state index < -0.39 is 37.7 Å². The monoisotopic (exact) mass is 522 g/mol. The molecule has 2 aromatic carbocycles. The van der Waals surface area contributed by atoms with E-state index in [1.165, 1.54) is 0 Å². The predicted octanol–water partition coefficient (Wildman–Crippen LogP) is 4.11. The largest absolute Gasteiger partial charge is 0.403 e. The molecular weight excluding hydrogens is 484 g/mol. The third-order valence-corrected chi connectivity index (χ3v) is 12.5. The van der Waals surface area contributed by atoms with E-state index in [0.29, 0.717) is 5.57 Å². The second-order valence-electron chi connectivity index (χ2n) is 12.2. The molecule has 7 heteroatoms. The average molecular weight is 523 g/mol. The van der Waals surface area contributed by atoms with Gasteiger partial charge >= 0.3 is 0 Å². The first-order valence-electron chi connectivity index (χ1n) is 13.0. The van der Waals surface area contributed by atoms with Crippen molar-refractivity contribution in [1.29, 1.82) is 0 Å². The first-order chi connectivity index (χ1) is 17.3. The van der Waals surface area contributed by atoms with Gasteiger partial charge in [0, 0.05) is 5.57 Å². The molecule has 0 N–H and O–H groups in total. The molecule has 2 aromatic rings. The molecule has 5 rings (SSSR count). The van der Waals surface area contributed by atoms with E-state index in [1.54, 1.807) is 0 Å². The van der Waals surface area contributed by atoms with Gasteiger partial charge in [-0.1, -0.05) is 81.4 Å². The van der Waals surface area contributed by atoms with E-state index in [-0.39, 0.29) is 24.0 Å². The van der Waals surface area contributed by atoms with Crippen molar-refractivity contribution in [2.24, 2.45) is 0 Å². The van der Waals surface area contributed by atoms with Gasteiger partial charge in [0.05, 0.1) is 13.2 Å². The maximum atomic E-state index is 13.8. The van der Waals surface area contributed by atoms with Crippen LogP contribution in [0.1, 0.15) is 48.5 Å². The Balaban J connectivity index is 1.58. The lowest BCUT2D eigenvalue weighted by Crippen LogP contribution is -2.67. The second-order valence-corrected chi connectivity index (χ2v) is 16.5. The van der Waals surface area contributed by atoms with E-state index in [2.05, 4.69) is 69.3 Å². The number of carbonyl (C=O) groups is 1. The van der Waals surface area contributed by atoms with Crippen molar-refractivity contribution in [1.82, 2.24) is 0 Å². The summed E-state index contributed by atoms with van der Waals surface area (Å²) in [7, 11) is -2.84. The minimum absolute atomic E-state index is 0.118. The maximum Gasteiger partial charge on any atom is 0.261 e. The molecule has 0 unspecified atom stereocenters. The Hall–Kier alpha value is -2.13. The fourth-order valence-electron chi connectivity index (χ4n) is 6.02. The van der Waals surface area contributed by atoms with Gasteiger partial charge in [0.15, 0.2) is 23.5 Å². The molecular formula is C30H38O6Si. The second kappa shape index (κ2) is 8.97. The van der Waals surface area contributed by atoms with Crippen molar-refractivity contribution in [3.63, 3.8) is 0 Å². The summed E-state index contributed by atoms with van der Waals surface area (Å²) in [5, 5.41) is 2.11. The minimum atomic E-state index is -2.84. The highest BCUT2D eigenvalue weighted by molar-refractivity contribution is 6.99. The van der Waals surface area contributed by atoms with Crippen LogP contribution in [0.25, 0.3) is 0 Å². The molecule has 2 aliphatic heterocycles. The molecule has 3 aliphatic rings. The molecule has 0 radical (unpaired) electrons. The van der Waals surface area contributed by atoms with Crippen LogP contribution in [0.2, 0.25) is 5.04 Å². The summed E-state index contributed by atoms with van der Waals surface area (Å²) < 4.78 is 31.8. The van der Waals surface area contributed by atoms with Crippen molar-refractivity contribution in [2.45, 2.75) is 82.9 Å². The first-order valence-corrected chi connectivity index (χ1v) is 14.9. The lowest BCUT2D eigenvalue weighted by molar-refractivity contribution is -0.192. The zero-order chi connectivity index (χ0) is 26.7. The summed E-state index contributed by atoms with van der Waals surface area (Å²) in [6, 6.07) is 20.8. The number of ketones is 1. The molecule has 2 heterocycles. The van der Waals surface area contributed by atoms with Gasteiger partial charge in [-0.2, -0.15) is 0 Å². The SMILES string of the molecule is CC1(C)O[C@H]2C(=O)C(CO[Si](c3ccccc3)(c3ccccc3)C(C)(C)C)=C[C@@]3(COC(C)(C)O3)[C@H]2O1. The molecule has 198 valence electrons. The van der Waals surface area contributed by atoms with Gasteiger partial charge in [-0.25, -0.2) is 0 Å². The van der Waals surface area contributed by atoms with Crippen LogP contribution in [0.5, 0.6) is 0 Å². The van der Waals surface area contributed by atoms with Crippen LogP contribution >= 0.6 is 0 Å². The van der Waals surface area contributed by atoms with E-state index in [9.17, 15) is 4.79 Å². The Bertz CT molecular complexity index is 1140. The fraction of sp³-hybridized carbons (Fsp3) is 0.500. The third-order valence-electron chi connectivity index (χ3n) is 7.51. The van der Waals surface area contributed by atoms with E-state index in [4.69, 9.17) is 23.4 Å². The lowest BCUT2D eigenvalue weighted by Gasteiger charge is -2.44. The average Bonchev–Trinajstić information content (AvgIpc) is 3.34. The molecule has 0 saturated carbocycles. The Morgan fingerprint density at radius 1 is 0.892 bits per heavy atom. The summed E-state index contributed by atoms with van der Waals surface area (Å²) in [4.78, 5) is 13.8. The highest BCUT2D eigenvalue weighted by Gasteiger charge is 2.63. The molecule has 37 heavy (non-hydrogen) atoms. The Labute approximate surface area is 221 Å². The molecule has 1 aliphatic carbocycles. The quantitative estimate of drug-likeness (QED) is 0.551. The molecule has 6 nitrogen and oxygen atoms in total. The minimum Gasteiger partial charge on any atom is -0.403 e. The van der Waals surface area contributed by atoms with Gasteiger partial charge in [0.25, 0.3) is 8.32 Å². The standard InChI is InChI=1S/C30H38O6Si/c1-27(2,3)37(22-14-10-8-11-15-22,23-16-12-9-13-17-23)33-19-21-18-30(20-32-28(4,5)36-30)26-25(24(21)31)34-29(6,7)35-26/h8-18,25-26H,19-20H2,1-7H3/t25-,26-,30+/m0/s1. The lowest BCUT2D eigenvalue weighted by atomic mass is 9.82. The van der Waals surface area contributed by atoms with Gasteiger partial charge in [-0.3, -0.25) is 4.79 Å². The van der Waals surface area contributed by atoms with Gasteiger partial charge in [0.1, 0.15) is 11.7 Å². The fourth-order valence-corrected chi connectivity index (χ4v) is 10.5. The molecule has 2 fully saturated rings. The van der Waals surface area contributed by atoms with Crippen molar-refractivity contribution < 1.29 is 28.2 Å². The first kappa shape index (κ1) is 26.5. The smallest absolute Gasteiger partial charge is 0.261 e. The summed E-state index contributed by atoms with van der Waals surface area (Å²) in [6.45, 7) is 14.5. The number of hydrogen-bond donors (Lipinski definition) is 0. The highest BCUT2D eigenvalue weighted by atomic mass is 28.4. The van der Waals surface area contributed by atoms with E-state index >= 15 is 0 Å². The predicted molar refractivity (Wildman–Crippen MR) is 144 cm³/mol. The van der Waals surface area contributed by atoms with Crippen LogP contribution in [0, 0.1) is 0 Å². The van der Waals surface area contributed by atoms with E-state index in [1.807, 2.05) is 45.9 Å². The molecule has 3 atom stereocenters. The van der Waals surface area contributed by atoms with Crippen LogP contribution in [0.15, 0.2) is 72.3 Å². The number of benzene rings is 2. The van der Waals surface area contributed by atoms with Gasteiger partial charge in [-0.15, -0.1) is 0 Å². The van der Waals surface area contributed by atoms with Crippen LogP contribution in [-0.4, -0.2) is 56.7 Å². The highest BCUT2D eigenvalue weighted by Crippen LogP contribution is 2.47. The number of fused-ring (bicyclic) bond motifs is 2. The molecule has 0 amide bonds. The molecule has 0 bridgehead atoms. The molecule has 1 spiro atoms. The number of ether oxygens (including phenoxy) is 4. The van der Waals surface area contributed by atoms with Crippen molar-refractivity contribution in [3.8, 4) is 0 Å². The number of Topliss-reactive ketones (excluding diaryl/α,β-unsaturated/α-hetero) is 1. The van der Waals surface area contributed by atoms with Crippen LogP contribution in [0.4, 0.5) is 0 Å². The summed E-state index contributed by atoms with van der Waals surface area (Å²) >= 11 is 0. The zero-order valence-corrected chi connectivity index (χ0v) is 23.9. The van der Waals surface area contributed by atoms with Gasteiger partial charge < -0.3 is 23.4 Å². The third kappa shape index (κ3) is 4.56. The Morgan fingerprint density at radius 3 is 1.95 bits per heavy atom. The summed E-state index contributed by atoms with van der Waals surface area (Å²) in [6.07, 6.45) is 0.511. The molecule has 2 saturated heterocycles. The van der Waals surface area contributed by atoms with E-state index in [0.717, 1.165) is 10.4 Å². The van der Waals surface area contributed by atoms with Gasteiger partial charge in [0.2, 0.25) is 0 Å². The van der Waals surface area contributed by atoms with Crippen molar-refractivity contribution in [2.75, 3.05) is 13.2 Å². The topological polar surface area (TPSA) is 63.2 Å². The van der Waals surface area contributed by atoms with Crippen LogP contribution in [-0.2, 0) is 28.2 Å². The maximum absolute atomic E-state index is 13.8. The van der Waals surface area contributed by atoms with Gasteiger partial charge in [-0.05, 0) is 49.2 Å². The Kier molecular flexibility index (Phi) is 6.42. The zero-order valence-electron chi connectivity index (χ0n) is 22.9. The normalized spacial score (nSPS) is 28.8. The van der Waals surface area contributed by atoms with Crippen LogP contribution in [0.3, 0.4) is 0 Å². The number of carbonyl (C=O) groups excluding carboxylic acids is 1.